The van der Waals surface area contributed by atoms with Gasteiger partial charge in [-0.05, 0) is 234 Å². The van der Waals surface area contributed by atoms with Crippen LogP contribution < -0.4 is 18.9 Å². The van der Waals surface area contributed by atoms with Gasteiger partial charge in [0.25, 0.3) is 0 Å². The zero-order valence-corrected chi connectivity index (χ0v) is 53.8. The van der Waals surface area contributed by atoms with Gasteiger partial charge in [-0.3, -0.25) is 9.80 Å². The summed E-state index contributed by atoms with van der Waals surface area (Å²) in [5.74, 6) is 4.14. The molecule has 11 aromatic rings. The smallest absolute Gasteiger partial charge is 0.119 e. The van der Waals surface area contributed by atoms with Gasteiger partial charge in [0.2, 0.25) is 0 Å². The first-order valence-corrected chi connectivity index (χ1v) is 32.4. The summed E-state index contributed by atoms with van der Waals surface area (Å²) in [6.45, 7) is 20.4. The molecule has 3 aromatic heterocycles. The molecule has 0 radical (unpaired) electrons. The van der Waals surface area contributed by atoms with E-state index >= 15 is 0 Å². The molecule has 0 saturated carbocycles. The van der Waals surface area contributed by atoms with Crippen molar-refractivity contribution in [3.8, 4) is 68.3 Å². The Kier molecular flexibility index (Phi) is 20.6. The molecule has 11 heteroatoms. The molecule has 0 bridgehead atoms. The molecule has 0 aliphatic carbocycles. The van der Waals surface area contributed by atoms with Gasteiger partial charge in [-0.15, -0.1) is 0 Å². The summed E-state index contributed by atoms with van der Waals surface area (Å²) < 4.78 is 27.7. The van der Waals surface area contributed by atoms with E-state index in [2.05, 4.69) is 186 Å². The lowest BCUT2D eigenvalue weighted by molar-refractivity contribution is 0.214. The van der Waals surface area contributed by atoms with Crippen LogP contribution in [0, 0.1) is 34.6 Å². The number of aryl methyl sites for hydroxylation is 5. The molecule has 2 saturated heterocycles. The van der Waals surface area contributed by atoms with Crippen LogP contribution >= 0.6 is 0 Å². The molecular weight excluding hydrogens is 1110 g/mol. The highest BCUT2D eigenvalue weighted by Gasteiger charge is 2.20. The summed E-state index contributed by atoms with van der Waals surface area (Å²) in [4.78, 5) is 8.56. The topological polar surface area (TPSA) is 110 Å². The number of H-pyrrole nitrogens is 1. The number of hydrogen-bond acceptors (Lipinski definition) is 8. The molecule has 0 amide bonds. The predicted molar refractivity (Wildman–Crippen MR) is 370 cm³/mol. The number of benzene rings is 8. The summed E-state index contributed by atoms with van der Waals surface area (Å²) in [6.07, 6.45) is 10.7. The number of methoxy groups -OCH3 is 2. The standard InChI is InChI=1S/C32H38N2O2.C30H34N2O3.C17H17NO/c1-24-8-12-27(13-9-24)32-25(2)30-22-29(35-3)16-17-31(30)34(32)23-26-10-14-28(15-11-26)36-21-20-33-18-6-4-5-7-19-33;1-22-28-20-26(34)12-15-29(28)32(30(22)24-8-10-25(33)11-9-24)21-23-6-13-27(14-7-23)35-19-18-31-16-4-2-3-5-17-31;1-11-4-6-13(7-5-11)17-12(2)15-10-14(19-3)8-9-16(15)18-17/h8-17,22H,4-7,18-21,23H2,1-3H3;6-15,20,33-34H,2-5,16-19,21H2,1H3;4-10,18H,1-3H3. The first-order chi connectivity index (χ1) is 43.9. The maximum atomic E-state index is 10.1. The Morgan fingerprint density at radius 2 is 0.789 bits per heavy atom. The molecule has 466 valence electrons. The van der Waals surface area contributed by atoms with Gasteiger partial charge in [-0.2, -0.15) is 0 Å². The van der Waals surface area contributed by atoms with Crippen molar-refractivity contribution >= 4 is 32.7 Å². The molecule has 13 rings (SSSR count). The lowest BCUT2D eigenvalue weighted by Gasteiger charge is -2.19. The molecule has 11 nitrogen and oxygen atoms in total. The van der Waals surface area contributed by atoms with Crippen LogP contribution in [-0.2, 0) is 13.1 Å². The monoisotopic (exact) mass is 1200 g/mol. The van der Waals surface area contributed by atoms with Crippen molar-refractivity contribution in [3.05, 3.63) is 215 Å². The number of phenolic OH excluding ortho intramolecular Hbond substituents is 2. The highest BCUT2D eigenvalue weighted by Crippen LogP contribution is 2.39. The van der Waals surface area contributed by atoms with E-state index in [1.54, 1.807) is 32.4 Å². The molecule has 3 N–H and O–H groups in total. The fraction of sp³-hybridized carbons (Fsp3) is 0.316. The van der Waals surface area contributed by atoms with Crippen molar-refractivity contribution in [1.29, 1.82) is 0 Å². The van der Waals surface area contributed by atoms with Crippen LogP contribution in [0.4, 0.5) is 0 Å². The number of hydrogen-bond donors (Lipinski definition) is 3. The van der Waals surface area contributed by atoms with Gasteiger partial charge in [-0.25, -0.2) is 0 Å². The van der Waals surface area contributed by atoms with Crippen molar-refractivity contribution in [2.45, 2.75) is 99.1 Å². The fourth-order valence-electron chi connectivity index (χ4n) is 13.0. The molecule has 2 aliphatic heterocycles. The summed E-state index contributed by atoms with van der Waals surface area (Å²) >= 11 is 0. The Balaban J connectivity index is 0.000000145. The Hall–Kier alpha value is -8.90. The first-order valence-electron chi connectivity index (χ1n) is 32.4. The van der Waals surface area contributed by atoms with Crippen molar-refractivity contribution in [2.75, 3.05) is 66.7 Å². The highest BCUT2D eigenvalue weighted by atomic mass is 16.5. The molecule has 5 heterocycles. The summed E-state index contributed by atoms with van der Waals surface area (Å²) in [6, 6.07) is 59.8. The van der Waals surface area contributed by atoms with Crippen molar-refractivity contribution in [3.63, 3.8) is 0 Å². The molecule has 0 atom stereocenters. The number of aromatic nitrogens is 3. The normalized spacial score (nSPS) is 13.9. The van der Waals surface area contributed by atoms with E-state index in [4.69, 9.17) is 18.9 Å². The Bertz CT molecular complexity index is 4110. The summed E-state index contributed by atoms with van der Waals surface area (Å²) in [7, 11) is 3.43. The van der Waals surface area contributed by atoms with Crippen molar-refractivity contribution < 1.29 is 29.2 Å². The minimum absolute atomic E-state index is 0.248. The minimum Gasteiger partial charge on any atom is -0.508 e. The highest BCUT2D eigenvalue weighted by molar-refractivity contribution is 5.94. The SMILES string of the molecule is COc1ccc2[nH]c(-c3ccc(C)cc3)c(C)c2c1.COc1ccc2c(c1)c(C)c(-c1ccc(C)cc1)n2Cc1ccc(OCCN2CCCCCC2)cc1.Cc1c(-c2ccc(O)cc2)n(Cc2ccc(OCCN3CCCCCC3)cc2)c2ccc(O)cc12. The number of nitrogens with zero attached hydrogens (tertiary/aromatic N) is 4. The van der Waals surface area contributed by atoms with Crippen molar-refractivity contribution in [2.24, 2.45) is 0 Å². The van der Waals surface area contributed by atoms with E-state index in [-0.39, 0.29) is 11.5 Å². The third kappa shape index (κ3) is 15.2. The van der Waals surface area contributed by atoms with Crippen LogP contribution in [0.3, 0.4) is 0 Å². The molecule has 8 aromatic carbocycles. The van der Waals surface area contributed by atoms with Crippen LogP contribution in [0.2, 0.25) is 0 Å². The summed E-state index contributed by atoms with van der Waals surface area (Å²) in [5, 5.41) is 23.3. The van der Waals surface area contributed by atoms with Gasteiger partial charge in [-0.1, -0.05) is 110 Å². The first kappa shape index (κ1) is 62.7. The molecular formula is C79H89N5O6. The third-order valence-corrected chi connectivity index (χ3v) is 18.2. The van der Waals surface area contributed by atoms with Gasteiger partial charge in [0.05, 0.1) is 25.6 Å². The van der Waals surface area contributed by atoms with E-state index in [9.17, 15) is 10.2 Å². The number of fused-ring (bicyclic) bond motifs is 3. The second-order valence-corrected chi connectivity index (χ2v) is 24.5. The molecule has 2 fully saturated rings. The average molecular weight is 1200 g/mol. The van der Waals surface area contributed by atoms with Crippen LogP contribution in [0.1, 0.15) is 90.3 Å². The van der Waals surface area contributed by atoms with Crippen LogP contribution in [0.5, 0.6) is 34.5 Å². The number of aromatic hydroxyl groups is 2. The largest absolute Gasteiger partial charge is 0.508 e. The van der Waals surface area contributed by atoms with Crippen LogP contribution in [0.15, 0.2) is 176 Å². The summed E-state index contributed by atoms with van der Waals surface area (Å²) in [5.41, 5.74) is 19.1. The zero-order valence-electron chi connectivity index (χ0n) is 53.8. The molecule has 90 heavy (non-hydrogen) atoms. The van der Waals surface area contributed by atoms with E-state index < -0.39 is 0 Å². The van der Waals surface area contributed by atoms with E-state index in [1.165, 1.54) is 150 Å². The maximum Gasteiger partial charge on any atom is 0.119 e. The second kappa shape index (κ2) is 29.6. The van der Waals surface area contributed by atoms with Crippen molar-refractivity contribution in [1.82, 2.24) is 23.9 Å². The van der Waals surface area contributed by atoms with E-state index in [0.717, 1.165) is 89.1 Å². The molecule has 0 spiro atoms. The Labute approximate surface area is 532 Å². The average Bonchev–Trinajstić information content (AvgIpc) is 1.64. The number of phenols is 2. The number of likely N-dealkylation sites (tertiary alicyclic amines) is 2. The Morgan fingerprint density at radius 1 is 0.389 bits per heavy atom. The number of ether oxygens (including phenoxy) is 4. The number of rotatable bonds is 17. The van der Waals surface area contributed by atoms with Crippen LogP contribution in [0.25, 0.3) is 66.5 Å². The van der Waals surface area contributed by atoms with E-state index in [0.29, 0.717) is 6.54 Å². The lowest BCUT2D eigenvalue weighted by atomic mass is 10.0. The zero-order chi connectivity index (χ0) is 62.5. The van der Waals surface area contributed by atoms with E-state index in [1.807, 2.05) is 30.3 Å². The predicted octanol–water partition coefficient (Wildman–Crippen LogP) is 18.0. The Morgan fingerprint density at radius 3 is 1.27 bits per heavy atom. The van der Waals surface area contributed by atoms with Gasteiger partial charge >= 0.3 is 0 Å². The molecule has 0 unspecified atom stereocenters. The fourth-order valence-corrected chi connectivity index (χ4v) is 13.0. The van der Waals surface area contributed by atoms with Gasteiger partial charge in [0.1, 0.15) is 47.7 Å². The van der Waals surface area contributed by atoms with Gasteiger partial charge in [0, 0.05) is 64.6 Å². The number of nitrogens with one attached hydrogen (secondary N) is 1. The maximum absolute atomic E-state index is 10.1. The quantitative estimate of drug-likeness (QED) is 0.0827. The van der Waals surface area contributed by atoms with Gasteiger partial charge in [0.15, 0.2) is 0 Å². The van der Waals surface area contributed by atoms with Crippen LogP contribution in [-0.4, -0.2) is 101 Å². The lowest BCUT2D eigenvalue weighted by Crippen LogP contribution is -2.29. The second-order valence-electron chi connectivity index (χ2n) is 24.5. The van der Waals surface area contributed by atoms with Gasteiger partial charge < -0.3 is 43.3 Å². The minimum atomic E-state index is 0.248. The number of aromatic amines is 1. The third-order valence-electron chi connectivity index (χ3n) is 18.2. The molecule has 2 aliphatic rings.